The molecule has 1 atom stereocenters. The summed E-state index contributed by atoms with van der Waals surface area (Å²) in [4.78, 5) is 10.9. The Labute approximate surface area is 122 Å². The van der Waals surface area contributed by atoms with Gasteiger partial charge in [0.15, 0.2) is 0 Å². The van der Waals surface area contributed by atoms with Crippen molar-refractivity contribution in [3.63, 3.8) is 0 Å². The number of ether oxygens (including phenoxy) is 2. The summed E-state index contributed by atoms with van der Waals surface area (Å²) in [6.07, 6.45) is 1.81. The van der Waals surface area contributed by atoms with Crippen LogP contribution in [0.4, 0.5) is 0 Å². The van der Waals surface area contributed by atoms with Crippen molar-refractivity contribution in [2.45, 2.75) is 32.2 Å². The van der Waals surface area contributed by atoms with E-state index in [-0.39, 0.29) is 12.0 Å². The minimum absolute atomic E-state index is 0.103. The van der Waals surface area contributed by atoms with Gasteiger partial charge in [-0.05, 0) is 43.5 Å². The van der Waals surface area contributed by atoms with Gasteiger partial charge < -0.3 is 15.2 Å². The lowest BCUT2D eigenvalue weighted by atomic mass is 10.1. The smallest absolute Gasteiger partial charge is 0.305 e. The highest BCUT2D eigenvalue weighted by atomic mass is 79.9. The number of carbonyl (C=O) groups is 1. The van der Waals surface area contributed by atoms with E-state index in [2.05, 4.69) is 20.7 Å². The topological polar surface area (TPSA) is 61.5 Å². The first-order valence-corrected chi connectivity index (χ1v) is 7.06. The van der Waals surface area contributed by atoms with Gasteiger partial charge in [-0.15, -0.1) is 0 Å². The highest BCUT2D eigenvalue weighted by molar-refractivity contribution is 9.10. The van der Waals surface area contributed by atoms with Crippen LogP contribution in [-0.2, 0) is 16.0 Å². The number of esters is 1. The Morgan fingerprint density at radius 1 is 1.47 bits per heavy atom. The fourth-order valence-corrected chi connectivity index (χ4v) is 2.06. The molecule has 0 aromatic heterocycles. The normalized spacial score (nSPS) is 12.0. The summed E-state index contributed by atoms with van der Waals surface area (Å²) >= 11 is 3.50. The molecule has 1 rings (SSSR count). The number of carbonyl (C=O) groups excluding carboxylic acids is 1. The molecule has 1 aromatic rings. The van der Waals surface area contributed by atoms with Gasteiger partial charge in [-0.1, -0.05) is 15.9 Å². The van der Waals surface area contributed by atoms with Crippen LogP contribution in [0.15, 0.2) is 22.7 Å². The van der Waals surface area contributed by atoms with Crippen LogP contribution in [0, 0.1) is 0 Å². The van der Waals surface area contributed by atoms with Crippen LogP contribution in [0.1, 0.15) is 25.3 Å². The van der Waals surface area contributed by atoms with Gasteiger partial charge in [0, 0.05) is 16.9 Å². The molecular weight excluding hydrogens is 310 g/mol. The number of hydrogen-bond donors (Lipinski definition) is 1. The van der Waals surface area contributed by atoms with Crippen LogP contribution in [0.2, 0.25) is 0 Å². The van der Waals surface area contributed by atoms with Crippen molar-refractivity contribution in [1.29, 1.82) is 0 Å². The summed E-state index contributed by atoms with van der Waals surface area (Å²) in [5.74, 6) is 0.584. The molecule has 0 fully saturated rings. The molecule has 0 aliphatic rings. The molecule has 1 unspecified atom stereocenters. The maximum Gasteiger partial charge on any atom is 0.305 e. The van der Waals surface area contributed by atoms with Crippen molar-refractivity contribution in [1.82, 2.24) is 0 Å². The predicted molar refractivity (Wildman–Crippen MR) is 78.2 cm³/mol. The lowest BCUT2D eigenvalue weighted by molar-refractivity contribution is -0.140. The molecule has 0 spiro atoms. The van der Waals surface area contributed by atoms with Crippen molar-refractivity contribution < 1.29 is 14.3 Å². The monoisotopic (exact) mass is 329 g/mol. The van der Waals surface area contributed by atoms with Gasteiger partial charge in [-0.2, -0.15) is 0 Å². The zero-order valence-electron chi connectivity index (χ0n) is 11.3. The van der Waals surface area contributed by atoms with Gasteiger partial charge in [0.2, 0.25) is 0 Å². The standard InChI is InChI=1S/C14H20BrNO3/c1-10(16)8-11-9-12(5-6-13(11)15)19-7-3-4-14(17)18-2/h5-6,9-10H,3-4,7-8,16H2,1-2H3. The molecule has 106 valence electrons. The molecule has 1 aromatic carbocycles. The van der Waals surface area contributed by atoms with Crippen molar-refractivity contribution >= 4 is 21.9 Å². The number of hydrogen-bond acceptors (Lipinski definition) is 4. The van der Waals surface area contributed by atoms with Crippen LogP contribution < -0.4 is 10.5 Å². The van der Waals surface area contributed by atoms with E-state index in [0.29, 0.717) is 19.4 Å². The molecule has 0 aliphatic heterocycles. The lowest BCUT2D eigenvalue weighted by Crippen LogP contribution is -2.18. The number of halogens is 1. The fourth-order valence-electron chi connectivity index (χ4n) is 1.65. The molecule has 0 amide bonds. The van der Waals surface area contributed by atoms with E-state index in [1.165, 1.54) is 7.11 Å². The third-order valence-corrected chi connectivity index (χ3v) is 3.35. The van der Waals surface area contributed by atoms with Gasteiger partial charge in [-0.25, -0.2) is 0 Å². The Morgan fingerprint density at radius 3 is 2.84 bits per heavy atom. The Kier molecular flexibility index (Phi) is 6.87. The summed E-state index contributed by atoms with van der Waals surface area (Å²) < 4.78 is 11.2. The summed E-state index contributed by atoms with van der Waals surface area (Å²) in [5, 5.41) is 0. The maximum absolute atomic E-state index is 10.9. The average Bonchev–Trinajstić information content (AvgIpc) is 2.37. The molecule has 19 heavy (non-hydrogen) atoms. The molecule has 2 N–H and O–H groups in total. The van der Waals surface area contributed by atoms with Crippen molar-refractivity contribution in [2.24, 2.45) is 5.73 Å². The second-order valence-corrected chi connectivity index (χ2v) is 5.32. The van der Waals surface area contributed by atoms with E-state index in [4.69, 9.17) is 10.5 Å². The lowest BCUT2D eigenvalue weighted by Gasteiger charge is -2.11. The highest BCUT2D eigenvalue weighted by Gasteiger charge is 2.06. The second-order valence-electron chi connectivity index (χ2n) is 4.46. The van der Waals surface area contributed by atoms with Crippen LogP contribution in [0.25, 0.3) is 0 Å². The second kappa shape index (κ2) is 8.17. The molecule has 5 heteroatoms. The first-order chi connectivity index (χ1) is 9.02. The summed E-state index contributed by atoms with van der Waals surface area (Å²) in [5.41, 5.74) is 6.93. The molecule has 0 aliphatic carbocycles. The van der Waals surface area contributed by atoms with E-state index in [0.717, 1.165) is 22.2 Å². The summed E-state index contributed by atoms with van der Waals surface area (Å²) in [6, 6.07) is 5.93. The van der Waals surface area contributed by atoms with Gasteiger partial charge in [0.1, 0.15) is 5.75 Å². The third kappa shape index (κ3) is 6.07. The molecule has 0 saturated carbocycles. The average molecular weight is 330 g/mol. The molecule has 0 saturated heterocycles. The Balaban J connectivity index is 2.48. The first kappa shape index (κ1) is 16.0. The van der Waals surface area contributed by atoms with Gasteiger partial charge >= 0.3 is 5.97 Å². The van der Waals surface area contributed by atoms with E-state index in [1.54, 1.807) is 0 Å². The molecule has 0 heterocycles. The van der Waals surface area contributed by atoms with Crippen LogP contribution in [0.5, 0.6) is 5.75 Å². The first-order valence-electron chi connectivity index (χ1n) is 6.26. The van der Waals surface area contributed by atoms with Crippen molar-refractivity contribution in [3.8, 4) is 5.75 Å². The maximum atomic E-state index is 10.9. The summed E-state index contributed by atoms with van der Waals surface area (Å²) in [6.45, 7) is 2.46. The largest absolute Gasteiger partial charge is 0.494 e. The van der Waals surface area contributed by atoms with Crippen LogP contribution >= 0.6 is 15.9 Å². The Morgan fingerprint density at radius 2 is 2.21 bits per heavy atom. The Bertz CT molecular complexity index is 421. The van der Waals surface area contributed by atoms with Crippen LogP contribution in [0.3, 0.4) is 0 Å². The number of methoxy groups -OCH3 is 1. The minimum Gasteiger partial charge on any atom is -0.494 e. The molecule has 4 nitrogen and oxygen atoms in total. The minimum atomic E-state index is -0.211. The van der Waals surface area contributed by atoms with Gasteiger partial charge in [0.05, 0.1) is 13.7 Å². The van der Waals surface area contributed by atoms with Crippen LogP contribution in [-0.4, -0.2) is 25.7 Å². The molecular formula is C14H20BrNO3. The molecule has 0 bridgehead atoms. The highest BCUT2D eigenvalue weighted by Crippen LogP contribution is 2.23. The van der Waals surface area contributed by atoms with E-state index in [1.807, 2.05) is 25.1 Å². The van der Waals surface area contributed by atoms with E-state index < -0.39 is 0 Å². The van der Waals surface area contributed by atoms with Crippen molar-refractivity contribution in [3.05, 3.63) is 28.2 Å². The molecule has 0 radical (unpaired) electrons. The van der Waals surface area contributed by atoms with Gasteiger partial charge in [-0.3, -0.25) is 4.79 Å². The zero-order chi connectivity index (χ0) is 14.3. The van der Waals surface area contributed by atoms with E-state index >= 15 is 0 Å². The number of benzene rings is 1. The summed E-state index contributed by atoms with van der Waals surface area (Å²) in [7, 11) is 1.39. The predicted octanol–water partition coefficient (Wildman–Crippen LogP) is 2.67. The third-order valence-electron chi connectivity index (χ3n) is 2.58. The van der Waals surface area contributed by atoms with E-state index in [9.17, 15) is 4.79 Å². The quantitative estimate of drug-likeness (QED) is 0.617. The zero-order valence-corrected chi connectivity index (χ0v) is 12.9. The number of rotatable bonds is 7. The van der Waals surface area contributed by atoms with Crippen molar-refractivity contribution in [2.75, 3.05) is 13.7 Å². The fraction of sp³-hybridized carbons (Fsp3) is 0.500. The SMILES string of the molecule is COC(=O)CCCOc1ccc(Br)c(CC(C)N)c1. The Hall–Kier alpha value is -1.07. The van der Waals surface area contributed by atoms with Gasteiger partial charge in [0.25, 0.3) is 0 Å². The number of nitrogens with two attached hydrogens (primary N) is 1.